The highest BCUT2D eigenvalue weighted by Gasteiger charge is 2.03. The predicted molar refractivity (Wildman–Crippen MR) is 101 cm³/mol. The van der Waals surface area contributed by atoms with Crippen LogP contribution in [0.5, 0.6) is 0 Å². The quantitative estimate of drug-likeness (QED) is 0.591. The van der Waals surface area contributed by atoms with Gasteiger partial charge >= 0.3 is 5.97 Å². The van der Waals surface area contributed by atoms with Gasteiger partial charge in [0.05, 0.1) is 5.56 Å². The second kappa shape index (κ2) is 8.02. The van der Waals surface area contributed by atoms with Gasteiger partial charge in [-0.1, -0.05) is 48.5 Å². The highest BCUT2D eigenvalue weighted by atomic mass is 16.4. The molecule has 0 amide bonds. The fraction of sp³-hybridized carbons (Fsp3) is 0.0952. The number of carboxylic acid groups (broad SMARTS) is 1. The molecule has 0 saturated heterocycles. The van der Waals surface area contributed by atoms with Crippen molar-refractivity contribution in [2.24, 2.45) is 0 Å². The van der Waals surface area contributed by atoms with Crippen molar-refractivity contribution in [3.63, 3.8) is 0 Å². The molecule has 0 aliphatic carbocycles. The summed E-state index contributed by atoms with van der Waals surface area (Å²) in [6.45, 7) is 1.42. The first kappa shape index (κ1) is 16.6. The van der Waals surface area contributed by atoms with Crippen molar-refractivity contribution in [3.05, 3.63) is 95.6 Å². The molecule has 0 aliphatic heterocycles. The summed E-state index contributed by atoms with van der Waals surface area (Å²) >= 11 is 0. The molecule has 4 nitrogen and oxygen atoms in total. The molecule has 0 aliphatic rings. The number of hydrogen-bond donors (Lipinski definition) is 3. The second-order valence-electron chi connectivity index (χ2n) is 5.78. The maximum absolute atomic E-state index is 11.0. The average Bonchev–Trinajstić information content (AvgIpc) is 2.66. The van der Waals surface area contributed by atoms with Crippen LogP contribution in [0, 0.1) is 0 Å². The first-order chi connectivity index (χ1) is 12.2. The van der Waals surface area contributed by atoms with E-state index in [0.29, 0.717) is 6.54 Å². The Morgan fingerprint density at radius 2 is 1.28 bits per heavy atom. The number of rotatable bonds is 7. The lowest BCUT2D eigenvalue weighted by Crippen LogP contribution is -2.03. The monoisotopic (exact) mass is 332 g/mol. The molecule has 0 atom stereocenters. The van der Waals surface area contributed by atoms with E-state index in [0.717, 1.165) is 23.5 Å². The van der Waals surface area contributed by atoms with E-state index in [4.69, 9.17) is 5.11 Å². The summed E-state index contributed by atoms with van der Waals surface area (Å²) in [4.78, 5) is 11.0. The molecule has 3 aromatic rings. The lowest BCUT2D eigenvalue weighted by atomic mass is 10.1. The molecule has 126 valence electrons. The van der Waals surface area contributed by atoms with E-state index in [1.807, 2.05) is 36.4 Å². The molecule has 0 bridgehead atoms. The van der Waals surface area contributed by atoms with Gasteiger partial charge in [0.2, 0.25) is 0 Å². The van der Waals surface area contributed by atoms with Gasteiger partial charge in [0.25, 0.3) is 0 Å². The standard InChI is InChI=1S/C21H20N2O2/c24-21(25)18-5-4-8-20(13-18)23-15-17-11-9-16(10-12-17)14-22-19-6-2-1-3-7-19/h1-13,22-23H,14-15H2,(H,24,25). The zero-order valence-electron chi connectivity index (χ0n) is 13.8. The van der Waals surface area contributed by atoms with Gasteiger partial charge in [0.15, 0.2) is 0 Å². The zero-order valence-corrected chi connectivity index (χ0v) is 13.8. The van der Waals surface area contributed by atoms with Crippen LogP contribution in [0.25, 0.3) is 0 Å². The Hall–Kier alpha value is -3.27. The van der Waals surface area contributed by atoms with Crippen LogP contribution in [0.3, 0.4) is 0 Å². The lowest BCUT2D eigenvalue weighted by Gasteiger charge is -2.09. The number of benzene rings is 3. The maximum Gasteiger partial charge on any atom is 0.335 e. The van der Waals surface area contributed by atoms with Crippen molar-refractivity contribution < 1.29 is 9.90 Å². The van der Waals surface area contributed by atoms with Crippen molar-refractivity contribution >= 4 is 17.3 Å². The average molecular weight is 332 g/mol. The number of nitrogens with one attached hydrogen (secondary N) is 2. The van der Waals surface area contributed by atoms with Crippen LogP contribution in [-0.4, -0.2) is 11.1 Å². The number of aromatic carboxylic acids is 1. The summed E-state index contributed by atoms with van der Waals surface area (Å²) in [5, 5.41) is 15.7. The summed E-state index contributed by atoms with van der Waals surface area (Å²) in [6.07, 6.45) is 0. The van der Waals surface area contributed by atoms with Crippen LogP contribution in [0.15, 0.2) is 78.9 Å². The molecule has 3 rings (SSSR count). The summed E-state index contributed by atoms with van der Waals surface area (Å²) in [6, 6.07) is 25.3. The third kappa shape index (κ3) is 4.85. The van der Waals surface area contributed by atoms with E-state index >= 15 is 0 Å². The fourth-order valence-electron chi connectivity index (χ4n) is 2.50. The van der Waals surface area contributed by atoms with Gasteiger partial charge in [-0.25, -0.2) is 4.79 Å². The largest absolute Gasteiger partial charge is 0.478 e. The van der Waals surface area contributed by atoms with E-state index in [1.54, 1.807) is 18.2 Å². The predicted octanol–water partition coefficient (Wildman–Crippen LogP) is 4.61. The third-order valence-electron chi connectivity index (χ3n) is 3.90. The van der Waals surface area contributed by atoms with Gasteiger partial charge in [0.1, 0.15) is 0 Å². The van der Waals surface area contributed by atoms with Gasteiger partial charge in [-0.3, -0.25) is 0 Å². The van der Waals surface area contributed by atoms with Crippen LogP contribution in [0.1, 0.15) is 21.5 Å². The van der Waals surface area contributed by atoms with Crippen LogP contribution >= 0.6 is 0 Å². The number of hydrogen-bond acceptors (Lipinski definition) is 3. The smallest absolute Gasteiger partial charge is 0.335 e. The highest BCUT2D eigenvalue weighted by Crippen LogP contribution is 2.14. The Morgan fingerprint density at radius 3 is 1.88 bits per heavy atom. The number of para-hydroxylation sites is 1. The minimum absolute atomic E-state index is 0.285. The van der Waals surface area contributed by atoms with Crippen LogP contribution < -0.4 is 10.6 Å². The molecule has 0 radical (unpaired) electrons. The van der Waals surface area contributed by atoms with Gasteiger partial charge < -0.3 is 15.7 Å². The van der Waals surface area contributed by atoms with Gasteiger partial charge in [-0.05, 0) is 41.5 Å². The Morgan fingerprint density at radius 1 is 0.720 bits per heavy atom. The summed E-state index contributed by atoms with van der Waals surface area (Å²) < 4.78 is 0. The van der Waals surface area contributed by atoms with Gasteiger partial charge in [-0.2, -0.15) is 0 Å². The van der Waals surface area contributed by atoms with E-state index in [-0.39, 0.29) is 5.56 Å². The molecule has 0 aromatic heterocycles. The molecule has 3 N–H and O–H groups in total. The molecule has 25 heavy (non-hydrogen) atoms. The van der Waals surface area contributed by atoms with Gasteiger partial charge in [0, 0.05) is 24.5 Å². The van der Waals surface area contributed by atoms with Crippen LogP contribution in [-0.2, 0) is 13.1 Å². The molecular weight excluding hydrogens is 312 g/mol. The molecule has 4 heteroatoms. The molecule has 0 unspecified atom stereocenters. The molecular formula is C21H20N2O2. The maximum atomic E-state index is 11.0. The number of anilines is 2. The fourth-order valence-corrected chi connectivity index (χ4v) is 2.50. The summed E-state index contributed by atoms with van der Waals surface area (Å²) in [7, 11) is 0. The second-order valence-corrected chi connectivity index (χ2v) is 5.78. The first-order valence-corrected chi connectivity index (χ1v) is 8.15. The topological polar surface area (TPSA) is 61.4 Å². The minimum atomic E-state index is -0.918. The lowest BCUT2D eigenvalue weighted by molar-refractivity contribution is 0.0697. The summed E-state index contributed by atoms with van der Waals surface area (Å²) in [5.41, 5.74) is 4.54. The van der Waals surface area contributed by atoms with Crippen molar-refractivity contribution in [1.29, 1.82) is 0 Å². The molecule has 3 aromatic carbocycles. The Bertz CT molecular complexity index is 830. The molecule has 0 heterocycles. The first-order valence-electron chi connectivity index (χ1n) is 8.15. The van der Waals surface area contributed by atoms with Crippen molar-refractivity contribution in [2.75, 3.05) is 10.6 Å². The summed E-state index contributed by atoms with van der Waals surface area (Å²) in [5.74, 6) is -0.918. The van der Waals surface area contributed by atoms with Crippen molar-refractivity contribution in [3.8, 4) is 0 Å². The van der Waals surface area contributed by atoms with Crippen molar-refractivity contribution in [2.45, 2.75) is 13.1 Å². The minimum Gasteiger partial charge on any atom is -0.478 e. The Kier molecular flexibility index (Phi) is 5.32. The SMILES string of the molecule is O=C(O)c1cccc(NCc2ccc(CNc3ccccc3)cc2)c1. The van der Waals surface area contributed by atoms with E-state index < -0.39 is 5.97 Å². The van der Waals surface area contributed by atoms with Crippen LogP contribution in [0.4, 0.5) is 11.4 Å². The molecule has 0 saturated carbocycles. The number of carboxylic acids is 1. The molecule has 0 spiro atoms. The highest BCUT2D eigenvalue weighted by molar-refractivity contribution is 5.88. The van der Waals surface area contributed by atoms with Crippen molar-refractivity contribution in [1.82, 2.24) is 0 Å². The van der Waals surface area contributed by atoms with E-state index in [2.05, 4.69) is 34.9 Å². The Balaban J connectivity index is 1.54. The van der Waals surface area contributed by atoms with E-state index in [9.17, 15) is 4.79 Å². The Labute approximate surface area is 147 Å². The number of carbonyl (C=O) groups is 1. The van der Waals surface area contributed by atoms with E-state index in [1.165, 1.54) is 5.56 Å². The van der Waals surface area contributed by atoms with Gasteiger partial charge in [-0.15, -0.1) is 0 Å². The normalized spacial score (nSPS) is 10.2. The zero-order chi connectivity index (χ0) is 17.5. The third-order valence-corrected chi connectivity index (χ3v) is 3.90. The molecule has 0 fully saturated rings. The van der Waals surface area contributed by atoms with Crippen LogP contribution in [0.2, 0.25) is 0 Å².